The summed E-state index contributed by atoms with van der Waals surface area (Å²) < 4.78 is 16.0. The molecule has 0 fully saturated rings. The largest absolute Gasteiger partial charge is 0.480 e. The van der Waals surface area contributed by atoms with Crippen LogP contribution in [-0.4, -0.2) is 39.0 Å². The second kappa shape index (κ2) is 9.15. The van der Waals surface area contributed by atoms with E-state index in [-0.39, 0.29) is 17.8 Å². The summed E-state index contributed by atoms with van der Waals surface area (Å²) in [4.78, 5) is 26.4. The maximum Gasteiger partial charge on any atom is 0.326 e. The van der Waals surface area contributed by atoms with E-state index in [1.807, 2.05) is 34.6 Å². The van der Waals surface area contributed by atoms with Gasteiger partial charge in [-0.1, -0.05) is 37.3 Å². The van der Waals surface area contributed by atoms with E-state index in [1.165, 1.54) is 17.7 Å². The molecule has 0 bridgehead atoms. The third-order valence-electron chi connectivity index (χ3n) is 6.65. The molecule has 1 aliphatic carbocycles. The molecule has 4 rings (SSSR count). The van der Waals surface area contributed by atoms with Crippen LogP contribution in [0.4, 0.5) is 4.39 Å². The number of hydrogen-bond acceptors (Lipinski definition) is 2. The third-order valence-corrected chi connectivity index (χ3v) is 6.65. The number of aliphatic carboxylic acids is 1. The lowest BCUT2D eigenvalue weighted by molar-refractivity contribution is -0.141. The predicted molar refractivity (Wildman–Crippen MR) is 122 cm³/mol. The van der Waals surface area contributed by atoms with Gasteiger partial charge in [0.05, 0.1) is 0 Å². The van der Waals surface area contributed by atoms with Crippen LogP contribution in [0.15, 0.2) is 48.5 Å². The van der Waals surface area contributed by atoms with Gasteiger partial charge in [0.1, 0.15) is 11.9 Å². The van der Waals surface area contributed by atoms with E-state index in [0.717, 1.165) is 35.0 Å². The minimum absolute atomic E-state index is 0.0101. The van der Waals surface area contributed by atoms with Gasteiger partial charge in [-0.25, -0.2) is 9.18 Å². The molecule has 0 saturated heterocycles. The van der Waals surface area contributed by atoms with Gasteiger partial charge in [0.2, 0.25) is 5.91 Å². The molecule has 168 valence electrons. The number of carbonyl (C=O) groups is 2. The third kappa shape index (κ3) is 4.14. The Labute approximate surface area is 187 Å². The summed E-state index contributed by atoms with van der Waals surface area (Å²) in [7, 11) is 0. The Kier molecular flexibility index (Phi) is 6.31. The SMILES string of the molecule is CCC(C(=O)O)n1c2c(c3cc(F)ccc31)C[C@@H](N(CCc1ccccc1)C(C)=O)CC2. The first kappa shape index (κ1) is 22.1. The molecule has 0 spiro atoms. The summed E-state index contributed by atoms with van der Waals surface area (Å²) in [5.74, 6) is -1.19. The zero-order valence-electron chi connectivity index (χ0n) is 18.6. The van der Waals surface area contributed by atoms with Crippen molar-refractivity contribution < 1.29 is 19.1 Å². The summed E-state index contributed by atoms with van der Waals surface area (Å²) >= 11 is 0. The minimum Gasteiger partial charge on any atom is -0.480 e. The van der Waals surface area contributed by atoms with E-state index in [9.17, 15) is 19.1 Å². The molecule has 0 aliphatic heterocycles. The van der Waals surface area contributed by atoms with Gasteiger partial charge in [0.15, 0.2) is 0 Å². The van der Waals surface area contributed by atoms with Crippen molar-refractivity contribution in [3.8, 4) is 0 Å². The molecule has 1 heterocycles. The highest BCUT2D eigenvalue weighted by Gasteiger charge is 2.33. The van der Waals surface area contributed by atoms with Gasteiger partial charge in [0, 0.05) is 36.1 Å². The number of halogens is 1. The number of hydrogen-bond donors (Lipinski definition) is 1. The molecule has 3 aromatic rings. The van der Waals surface area contributed by atoms with E-state index in [2.05, 4.69) is 12.1 Å². The Hall–Kier alpha value is -3.15. The first-order valence-electron chi connectivity index (χ1n) is 11.3. The van der Waals surface area contributed by atoms with Gasteiger partial charge in [0.25, 0.3) is 0 Å². The van der Waals surface area contributed by atoms with Crippen LogP contribution in [0.5, 0.6) is 0 Å². The molecule has 1 unspecified atom stereocenters. The Morgan fingerprint density at radius 2 is 1.97 bits per heavy atom. The number of carbonyl (C=O) groups excluding carboxylic acids is 1. The van der Waals surface area contributed by atoms with Crippen molar-refractivity contribution in [2.24, 2.45) is 0 Å². The average molecular weight is 437 g/mol. The highest BCUT2D eigenvalue weighted by Crippen LogP contribution is 2.37. The van der Waals surface area contributed by atoms with Gasteiger partial charge in [-0.2, -0.15) is 0 Å². The topological polar surface area (TPSA) is 62.5 Å². The van der Waals surface area contributed by atoms with Crippen molar-refractivity contribution in [2.75, 3.05) is 6.54 Å². The van der Waals surface area contributed by atoms with Gasteiger partial charge in [-0.3, -0.25) is 4.79 Å². The predicted octanol–water partition coefficient (Wildman–Crippen LogP) is 4.76. The van der Waals surface area contributed by atoms with Crippen LogP contribution in [0.3, 0.4) is 0 Å². The smallest absolute Gasteiger partial charge is 0.326 e. The monoisotopic (exact) mass is 436 g/mol. The normalized spacial score (nSPS) is 16.5. The van der Waals surface area contributed by atoms with Crippen molar-refractivity contribution in [1.29, 1.82) is 0 Å². The number of nitrogens with zero attached hydrogens (tertiary/aromatic N) is 2. The van der Waals surface area contributed by atoms with Crippen LogP contribution >= 0.6 is 0 Å². The first-order valence-corrected chi connectivity index (χ1v) is 11.3. The minimum atomic E-state index is -0.883. The molecule has 2 atom stereocenters. The van der Waals surface area contributed by atoms with Crippen molar-refractivity contribution in [2.45, 2.75) is 58.0 Å². The number of rotatable bonds is 7. The second-order valence-electron chi connectivity index (χ2n) is 8.56. The van der Waals surface area contributed by atoms with Crippen LogP contribution in [0.1, 0.15) is 49.6 Å². The fourth-order valence-electron chi connectivity index (χ4n) is 5.13. The molecule has 1 aromatic heterocycles. The van der Waals surface area contributed by atoms with E-state index in [0.29, 0.717) is 25.8 Å². The summed E-state index contributed by atoms with van der Waals surface area (Å²) in [5.41, 5.74) is 3.87. The van der Waals surface area contributed by atoms with Gasteiger partial charge >= 0.3 is 5.97 Å². The van der Waals surface area contributed by atoms with Gasteiger partial charge in [-0.05, 0) is 61.4 Å². The van der Waals surface area contributed by atoms with Crippen LogP contribution < -0.4 is 0 Å². The Bertz CT molecular complexity index is 1140. The summed E-state index contributed by atoms with van der Waals surface area (Å²) in [6.07, 6.45) is 3.25. The van der Waals surface area contributed by atoms with Gasteiger partial charge < -0.3 is 14.6 Å². The molecular formula is C26H29FN2O3. The maximum absolute atomic E-state index is 14.2. The number of amides is 1. The van der Waals surface area contributed by atoms with Crippen LogP contribution in [-0.2, 0) is 28.9 Å². The Balaban J connectivity index is 1.69. The Morgan fingerprint density at radius 1 is 1.22 bits per heavy atom. The lowest BCUT2D eigenvalue weighted by Gasteiger charge is -2.35. The number of aromatic nitrogens is 1. The lowest BCUT2D eigenvalue weighted by Crippen LogP contribution is -2.43. The van der Waals surface area contributed by atoms with Crippen molar-refractivity contribution >= 4 is 22.8 Å². The molecule has 0 radical (unpaired) electrons. The molecule has 1 aliphatic rings. The number of benzene rings is 2. The highest BCUT2D eigenvalue weighted by atomic mass is 19.1. The van der Waals surface area contributed by atoms with Crippen molar-refractivity contribution in [3.05, 3.63) is 71.2 Å². The molecule has 32 heavy (non-hydrogen) atoms. The zero-order valence-corrected chi connectivity index (χ0v) is 18.6. The fourth-order valence-corrected chi connectivity index (χ4v) is 5.13. The van der Waals surface area contributed by atoms with E-state index in [1.54, 1.807) is 13.0 Å². The highest BCUT2D eigenvalue weighted by molar-refractivity contribution is 5.88. The molecule has 5 nitrogen and oxygen atoms in total. The quantitative estimate of drug-likeness (QED) is 0.581. The summed E-state index contributed by atoms with van der Waals surface area (Å²) in [6.45, 7) is 4.08. The number of fused-ring (bicyclic) bond motifs is 3. The van der Waals surface area contributed by atoms with Crippen LogP contribution in [0.2, 0.25) is 0 Å². The summed E-state index contributed by atoms with van der Waals surface area (Å²) in [6, 6.07) is 14.0. The van der Waals surface area contributed by atoms with E-state index < -0.39 is 12.0 Å². The maximum atomic E-state index is 14.2. The zero-order chi connectivity index (χ0) is 22.8. The molecule has 6 heteroatoms. The van der Waals surface area contributed by atoms with E-state index >= 15 is 0 Å². The Morgan fingerprint density at radius 3 is 2.62 bits per heavy atom. The molecule has 2 aromatic carbocycles. The molecule has 1 N–H and O–H groups in total. The lowest BCUT2D eigenvalue weighted by atomic mass is 9.89. The van der Waals surface area contributed by atoms with Crippen molar-refractivity contribution in [3.63, 3.8) is 0 Å². The summed E-state index contributed by atoms with van der Waals surface area (Å²) in [5, 5.41) is 10.6. The number of carboxylic acid groups (broad SMARTS) is 1. The number of carboxylic acids is 1. The first-order chi connectivity index (χ1) is 15.4. The van der Waals surface area contributed by atoms with E-state index in [4.69, 9.17) is 0 Å². The van der Waals surface area contributed by atoms with Gasteiger partial charge in [-0.15, -0.1) is 0 Å². The van der Waals surface area contributed by atoms with Crippen LogP contribution in [0, 0.1) is 5.82 Å². The second-order valence-corrected chi connectivity index (χ2v) is 8.56. The average Bonchev–Trinajstić information content (AvgIpc) is 3.08. The van der Waals surface area contributed by atoms with Crippen LogP contribution in [0.25, 0.3) is 10.9 Å². The molecule has 1 amide bonds. The molecule has 0 saturated carbocycles. The fraction of sp³-hybridized carbons (Fsp3) is 0.385. The molecular weight excluding hydrogens is 407 g/mol. The standard InChI is InChI=1S/C26H29FN2O3/c1-3-23(26(31)32)29-24-11-9-19(27)15-21(24)22-16-20(10-12-25(22)29)28(17(2)30)14-13-18-7-5-4-6-8-18/h4-9,11,15,20,23H,3,10,12-14,16H2,1-2H3,(H,31,32)/t20-,23?/m0/s1. The van der Waals surface area contributed by atoms with Crippen molar-refractivity contribution in [1.82, 2.24) is 9.47 Å².